The summed E-state index contributed by atoms with van der Waals surface area (Å²) in [6.07, 6.45) is 2.84. The molecule has 5 heteroatoms. The fraction of sp³-hybridized carbons (Fsp3) is 0.455. The van der Waals surface area contributed by atoms with Crippen LogP contribution < -0.4 is 5.32 Å². The third-order valence-corrected chi connectivity index (χ3v) is 2.14. The number of hydrogen-bond donors (Lipinski definition) is 1. The summed E-state index contributed by atoms with van der Waals surface area (Å²) >= 11 is 5.84. The lowest BCUT2D eigenvalue weighted by Gasteiger charge is -2.05. The van der Waals surface area contributed by atoms with Crippen molar-refractivity contribution in [1.29, 1.82) is 0 Å². The van der Waals surface area contributed by atoms with Gasteiger partial charge in [0.1, 0.15) is 0 Å². The Labute approximate surface area is 100.0 Å². The fourth-order valence-corrected chi connectivity index (χ4v) is 1.25. The van der Waals surface area contributed by atoms with Gasteiger partial charge in [-0.15, -0.1) is 0 Å². The van der Waals surface area contributed by atoms with Crippen LogP contribution in [0.1, 0.15) is 19.8 Å². The molecule has 16 heavy (non-hydrogen) atoms. The van der Waals surface area contributed by atoms with Crippen molar-refractivity contribution in [2.75, 3.05) is 18.5 Å². The lowest BCUT2D eigenvalue weighted by molar-refractivity contribution is -0.117. The van der Waals surface area contributed by atoms with Gasteiger partial charge >= 0.3 is 0 Å². The van der Waals surface area contributed by atoms with Crippen LogP contribution in [-0.2, 0) is 9.53 Å². The number of anilines is 1. The van der Waals surface area contributed by atoms with E-state index in [4.69, 9.17) is 16.3 Å². The van der Waals surface area contributed by atoms with Gasteiger partial charge in [0.2, 0.25) is 5.91 Å². The van der Waals surface area contributed by atoms with Crippen molar-refractivity contribution in [3.05, 3.63) is 23.4 Å². The van der Waals surface area contributed by atoms with Crippen LogP contribution in [0.4, 0.5) is 5.82 Å². The standard InChI is InChI=1S/C11H15ClN2O2/c1-2-7-16-8-5-10(15)14-11-9(12)4-3-6-13-11/h3-4,6H,2,5,7-8H2,1H3,(H,13,14,15). The summed E-state index contributed by atoms with van der Waals surface area (Å²) in [5.41, 5.74) is 0. The smallest absolute Gasteiger partial charge is 0.227 e. The first kappa shape index (κ1) is 12.9. The van der Waals surface area contributed by atoms with Crippen LogP contribution in [-0.4, -0.2) is 24.1 Å². The number of ether oxygens (including phenoxy) is 1. The minimum absolute atomic E-state index is 0.142. The van der Waals surface area contributed by atoms with Crippen LogP contribution in [0, 0.1) is 0 Å². The maximum absolute atomic E-state index is 11.4. The Hall–Kier alpha value is -1.13. The molecule has 0 radical (unpaired) electrons. The lowest BCUT2D eigenvalue weighted by Crippen LogP contribution is -2.15. The zero-order valence-corrected chi connectivity index (χ0v) is 9.96. The summed E-state index contributed by atoms with van der Waals surface area (Å²) in [7, 11) is 0. The third kappa shape index (κ3) is 4.59. The summed E-state index contributed by atoms with van der Waals surface area (Å²) in [6, 6.07) is 3.39. The molecule has 1 rings (SSSR count). The van der Waals surface area contributed by atoms with Crippen molar-refractivity contribution in [3.63, 3.8) is 0 Å². The van der Waals surface area contributed by atoms with E-state index in [9.17, 15) is 4.79 Å². The number of carbonyl (C=O) groups excluding carboxylic acids is 1. The molecule has 0 spiro atoms. The second-order valence-corrected chi connectivity index (χ2v) is 3.65. The fourth-order valence-electron chi connectivity index (χ4n) is 1.08. The van der Waals surface area contributed by atoms with E-state index in [-0.39, 0.29) is 5.91 Å². The minimum Gasteiger partial charge on any atom is -0.381 e. The molecule has 0 aliphatic heterocycles. The van der Waals surface area contributed by atoms with Gasteiger partial charge in [-0.05, 0) is 18.6 Å². The van der Waals surface area contributed by atoms with E-state index in [1.165, 1.54) is 0 Å². The molecule has 1 N–H and O–H groups in total. The number of halogens is 1. The van der Waals surface area contributed by atoms with Crippen molar-refractivity contribution in [2.24, 2.45) is 0 Å². The van der Waals surface area contributed by atoms with Crippen LogP contribution in [0.5, 0.6) is 0 Å². The molecule has 1 aromatic rings. The van der Waals surface area contributed by atoms with Crippen LogP contribution in [0.15, 0.2) is 18.3 Å². The number of hydrogen-bond acceptors (Lipinski definition) is 3. The average Bonchev–Trinajstić information content (AvgIpc) is 2.28. The molecule has 4 nitrogen and oxygen atoms in total. The van der Waals surface area contributed by atoms with Gasteiger partial charge in [0.05, 0.1) is 18.1 Å². The van der Waals surface area contributed by atoms with E-state index in [2.05, 4.69) is 10.3 Å². The van der Waals surface area contributed by atoms with Crippen molar-refractivity contribution in [1.82, 2.24) is 4.98 Å². The molecule has 0 fully saturated rings. The highest BCUT2D eigenvalue weighted by atomic mass is 35.5. The molecule has 1 aromatic heterocycles. The molecule has 0 saturated heterocycles. The first-order chi connectivity index (χ1) is 7.74. The van der Waals surface area contributed by atoms with E-state index in [0.717, 1.165) is 6.42 Å². The molecule has 0 aliphatic rings. The van der Waals surface area contributed by atoms with E-state index >= 15 is 0 Å². The van der Waals surface area contributed by atoms with Gasteiger partial charge in [-0.2, -0.15) is 0 Å². The Kier molecular flexibility index (Phi) is 5.82. The summed E-state index contributed by atoms with van der Waals surface area (Å²) < 4.78 is 5.21. The van der Waals surface area contributed by atoms with Gasteiger partial charge in [-0.3, -0.25) is 4.79 Å². The Morgan fingerprint density at radius 2 is 2.38 bits per heavy atom. The van der Waals surface area contributed by atoms with Gasteiger partial charge < -0.3 is 10.1 Å². The number of amides is 1. The largest absolute Gasteiger partial charge is 0.381 e. The number of rotatable bonds is 6. The molecule has 1 amide bonds. The highest BCUT2D eigenvalue weighted by Gasteiger charge is 2.05. The topological polar surface area (TPSA) is 51.2 Å². The highest BCUT2D eigenvalue weighted by molar-refractivity contribution is 6.33. The van der Waals surface area contributed by atoms with Gasteiger partial charge in [0, 0.05) is 12.8 Å². The monoisotopic (exact) mass is 242 g/mol. The highest BCUT2D eigenvalue weighted by Crippen LogP contribution is 2.17. The minimum atomic E-state index is -0.142. The average molecular weight is 243 g/mol. The number of carbonyl (C=O) groups is 1. The number of nitrogens with one attached hydrogen (secondary N) is 1. The molecular weight excluding hydrogens is 228 g/mol. The van der Waals surface area contributed by atoms with Crippen molar-refractivity contribution in [2.45, 2.75) is 19.8 Å². The van der Waals surface area contributed by atoms with E-state index in [0.29, 0.717) is 30.5 Å². The van der Waals surface area contributed by atoms with E-state index < -0.39 is 0 Å². The van der Waals surface area contributed by atoms with E-state index in [1.807, 2.05) is 6.92 Å². The molecule has 1 heterocycles. The normalized spacial score (nSPS) is 10.1. The van der Waals surface area contributed by atoms with Gasteiger partial charge in [-0.1, -0.05) is 18.5 Å². The molecule has 0 saturated carbocycles. The van der Waals surface area contributed by atoms with Crippen LogP contribution in [0.25, 0.3) is 0 Å². The van der Waals surface area contributed by atoms with Crippen LogP contribution in [0.2, 0.25) is 5.02 Å². The molecule has 0 bridgehead atoms. The summed E-state index contributed by atoms with van der Waals surface area (Å²) in [4.78, 5) is 15.4. The second-order valence-electron chi connectivity index (χ2n) is 3.24. The Balaban J connectivity index is 2.32. The molecule has 0 aromatic carbocycles. The first-order valence-electron chi connectivity index (χ1n) is 5.22. The van der Waals surface area contributed by atoms with Crippen molar-refractivity contribution in [3.8, 4) is 0 Å². The third-order valence-electron chi connectivity index (χ3n) is 1.84. The predicted octanol–water partition coefficient (Wildman–Crippen LogP) is 2.49. The van der Waals surface area contributed by atoms with Crippen LogP contribution >= 0.6 is 11.6 Å². The first-order valence-corrected chi connectivity index (χ1v) is 5.60. The molecule has 0 unspecified atom stereocenters. The maximum Gasteiger partial charge on any atom is 0.227 e. The van der Waals surface area contributed by atoms with Gasteiger partial charge in [-0.25, -0.2) is 4.98 Å². The Morgan fingerprint density at radius 3 is 3.06 bits per heavy atom. The van der Waals surface area contributed by atoms with Gasteiger partial charge in [0.25, 0.3) is 0 Å². The quantitative estimate of drug-likeness (QED) is 0.780. The SMILES string of the molecule is CCCOCCC(=O)Nc1ncccc1Cl. The summed E-state index contributed by atoms with van der Waals surface area (Å²) in [5, 5.41) is 3.06. The van der Waals surface area contributed by atoms with Crippen LogP contribution in [0.3, 0.4) is 0 Å². The number of aromatic nitrogens is 1. The molecule has 88 valence electrons. The lowest BCUT2D eigenvalue weighted by atomic mass is 10.4. The molecule has 0 aliphatic carbocycles. The Bertz CT molecular complexity index is 345. The second kappa shape index (κ2) is 7.19. The number of pyridine rings is 1. The van der Waals surface area contributed by atoms with Crippen molar-refractivity contribution < 1.29 is 9.53 Å². The van der Waals surface area contributed by atoms with E-state index in [1.54, 1.807) is 18.3 Å². The zero-order valence-electron chi connectivity index (χ0n) is 9.20. The van der Waals surface area contributed by atoms with Crippen molar-refractivity contribution >= 4 is 23.3 Å². The predicted molar refractivity (Wildman–Crippen MR) is 63.6 cm³/mol. The molecular formula is C11H15ClN2O2. The summed E-state index contributed by atoms with van der Waals surface area (Å²) in [5.74, 6) is 0.251. The summed E-state index contributed by atoms with van der Waals surface area (Å²) in [6.45, 7) is 3.12. The van der Waals surface area contributed by atoms with Gasteiger partial charge in [0.15, 0.2) is 5.82 Å². The molecule has 0 atom stereocenters. The Morgan fingerprint density at radius 1 is 1.56 bits per heavy atom. The zero-order chi connectivity index (χ0) is 11.8. The number of nitrogens with zero attached hydrogens (tertiary/aromatic N) is 1. The maximum atomic E-state index is 11.4.